The third-order valence-corrected chi connectivity index (χ3v) is 3.46. The van der Waals surface area contributed by atoms with Crippen LogP contribution in [0, 0.1) is 13.8 Å². The SMILES string of the molecule is COc1cnccc1C(N)Cc1ccc(C)c(C)c1. The van der Waals surface area contributed by atoms with E-state index in [0.717, 1.165) is 17.7 Å². The van der Waals surface area contributed by atoms with Crippen LogP contribution < -0.4 is 10.5 Å². The van der Waals surface area contributed by atoms with E-state index in [2.05, 4.69) is 37.0 Å². The smallest absolute Gasteiger partial charge is 0.141 e. The second-order valence-corrected chi connectivity index (χ2v) is 4.85. The van der Waals surface area contributed by atoms with Crippen LogP contribution in [0.4, 0.5) is 0 Å². The Morgan fingerprint density at radius 3 is 2.68 bits per heavy atom. The maximum absolute atomic E-state index is 6.28. The van der Waals surface area contributed by atoms with Gasteiger partial charge in [0.15, 0.2) is 0 Å². The molecule has 0 aliphatic carbocycles. The topological polar surface area (TPSA) is 48.1 Å². The molecule has 1 atom stereocenters. The highest BCUT2D eigenvalue weighted by Gasteiger charge is 2.12. The van der Waals surface area contributed by atoms with Gasteiger partial charge in [-0.2, -0.15) is 0 Å². The van der Waals surface area contributed by atoms with Crippen molar-refractivity contribution in [3.05, 3.63) is 58.9 Å². The van der Waals surface area contributed by atoms with Gasteiger partial charge in [-0.25, -0.2) is 0 Å². The van der Waals surface area contributed by atoms with Crippen LogP contribution >= 0.6 is 0 Å². The summed E-state index contributed by atoms with van der Waals surface area (Å²) in [5.74, 6) is 0.749. The molecule has 0 spiro atoms. The van der Waals surface area contributed by atoms with Gasteiger partial charge in [-0.1, -0.05) is 18.2 Å². The molecule has 3 heteroatoms. The van der Waals surface area contributed by atoms with Crippen molar-refractivity contribution in [3.8, 4) is 5.75 Å². The number of ether oxygens (including phenoxy) is 1. The van der Waals surface area contributed by atoms with Crippen molar-refractivity contribution >= 4 is 0 Å². The number of methoxy groups -OCH3 is 1. The van der Waals surface area contributed by atoms with Gasteiger partial charge in [-0.15, -0.1) is 0 Å². The van der Waals surface area contributed by atoms with Crippen LogP contribution in [0.15, 0.2) is 36.7 Å². The molecule has 2 N–H and O–H groups in total. The quantitative estimate of drug-likeness (QED) is 0.915. The summed E-state index contributed by atoms with van der Waals surface area (Å²) < 4.78 is 5.30. The normalized spacial score (nSPS) is 12.2. The van der Waals surface area contributed by atoms with Crippen molar-refractivity contribution in [1.82, 2.24) is 4.98 Å². The van der Waals surface area contributed by atoms with E-state index in [1.807, 2.05) is 6.07 Å². The fourth-order valence-electron chi connectivity index (χ4n) is 2.16. The number of nitrogens with two attached hydrogens (primary N) is 1. The van der Waals surface area contributed by atoms with E-state index in [4.69, 9.17) is 10.5 Å². The van der Waals surface area contributed by atoms with Crippen LogP contribution in [-0.2, 0) is 6.42 Å². The first-order chi connectivity index (χ1) is 9.11. The minimum Gasteiger partial charge on any atom is -0.495 e. The molecule has 0 saturated heterocycles. The Morgan fingerprint density at radius 1 is 1.21 bits per heavy atom. The zero-order chi connectivity index (χ0) is 13.8. The molecular weight excluding hydrogens is 236 g/mol. The summed E-state index contributed by atoms with van der Waals surface area (Å²) in [5, 5.41) is 0. The van der Waals surface area contributed by atoms with Crippen molar-refractivity contribution in [2.75, 3.05) is 7.11 Å². The van der Waals surface area contributed by atoms with Crippen molar-refractivity contribution in [1.29, 1.82) is 0 Å². The second-order valence-electron chi connectivity index (χ2n) is 4.85. The van der Waals surface area contributed by atoms with E-state index in [9.17, 15) is 0 Å². The average molecular weight is 256 g/mol. The van der Waals surface area contributed by atoms with Gasteiger partial charge >= 0.3 is 0 Å². The molecular formula is C16H20N2O. The lowest BCUT2D eigenvalue weighted by molar-refractivity contribution is 0.403. The Morgan fingerprint density at radius 2 is 2.00 bits per heavy atom. The zero-order valence-electron chi connectivity index (χ0n) is 11.7. The monoisotopic (exact) mass is 256 g/mol. The van der Waals surface area contributed by atoms with Crippen molar-refractivity contribution in [2.24, 2.45) is 5.73 Å². The molecule has 19 heavy (non-hydrogen) atoms. The molecule has 1 unspecified atom stereocenters. The largest absolute Gasteiger partial charge is 0.495 e. The second kappa shape index (κ2) is 5.85. The van der Waals surface area contributed by atoms with Crippen molar-refractivity contribution < 1.29 is 4.74 Å². The van der Waals surface area contributed by atoms with Gasteiger partial charge in [0.05, 0.1) is 13.3 Å². The molecule has 0 amide bonds. The summed E-state index contributed by atoms with van der Waals surface area (Å²) in [4.78, 5) is 4.05. The zero-order valence-corrected chi connectivity index (χ0v) is 11.7. The molecule has 0 aliphatic heterocycles. The number of hydrogen-bond acceptors (Lipinski definition) is 3. The molecule has 100 valence electrons. The number of aromatic nitrogens is 1. The molecule has 0 radical (unpaired) electrons. The average Bonchev–Trinajstić information content (AvgIpc) is 2.43. The summed E-state index contributed by atoms with van der Waals surface area (Å²) in [5.41, 5.74) is 11.1. The standard InChI is InChI=1S/C16H20N2O/c1-11-4-5-13(8-12(11)2)9-15(17)14-6-7-18-10-16(14)19-3/h4-8,10,15H,9,17H2,1-3H3. The lowest BCUT2D eigenvalue weighted by Gasteiger charge is -2.16. The Balaban J connectivity index is 2.20. The van der Waals surface area contributed by atoms with E-state index in [-0.39, 0.29) is 6.04 Å². The Bertz CT molecular complexity index is 566. The predicted molar refractivity (Wildman–Crippen MR) is 77.3 cm³/mol. The molecule has 2 rings (SSSR count). The number of nitrogens with zero attached hydrogens (tertiary/aromatic N) is 1. The van der Waals surface area contributed by atoms with E-state index in [0.29, 0.717) is 0 Å². The molecule has 0 fully saturated rings. The van der Waals surface area contributed by atoms with Gasteiger partial charge in [0.1, 0.15) is 5.75 Å². The lowest BCUT2D eigenvalue weighted by Crippen LogP contribution is -2.14. The molecule has 0 bridgehead atoms. The van der Waals surface area contributed by atoms with Crippen LogP contribution in [0.2, 0.25) is 0 Å². The molecule has 2 aromatic rings. The highest BCUT2D eigenvalue weighted by atomic mass is 16.5. The lowest BCUT2D eigenvalue weighted by atomic mass is 9.97. The van der Waals surface area contributed by atoms with E-state index >= 15 is 0 Å². The summed E-state index contributed by atoms with van der Waals surface area (Å²) in [7, 11) is 1.64. The van der Waals surface area contributed by atoms with Gasteiger partial charge in [0.2, 0.25) is 0 Å². The van der Waals surface area contributed by atoms with Crippen LogP contribution in [0.3, 0.4) is 0 Å². The molecule has 0 saturated carbocycles. The molecule has 1 aromatic carbocycles. The van der Waals surface area contributed by atoms with Crippen molar-refractivity contribution in [3.63, 3.8) is 0 Å². The van der Waals surface area contributed by atoms with Crippen LogP contribution in [0.1, 0.15) is 28.3 Å². The molecule has 1 heterocycles. The Kier molecular flexibility index (Phi) is 4.17. The van der Waals surface area contributed by atoms with Gasteiger partial charge < -0.3 is 10.5 Å². The molecule has 3 nitrogen and oxygen atoms in total. The van der Waals surface area contributed by atoms with Gasteiger partial charge in [0.25, 0.3) is 0 Å². The molecule has 1 aromatic heterocycles. The maximum Gasteiger partial charge on any atom is 0.141 e. The fourth-order valence-corrected chi connectivity index (χ4v) is 2.16. The summed E-state index contributed by atoms with van der Waals surface area (Å²) in [6.07, 6.45) is 4.25. The minimum atomic E-state index is -0.0833. The van der Waals surface area contributed by atoms with Crippen LogP contribution in [0.25, 0.3) is 0 Å². The van der Waals surface area contributed by atoms with Crippen LogP contribution in [-0.4, -0.2) is 12.1 Å². The van der Waals surface area contributed by atoms with Gasteiger partial charge in [0, 0.05) is 17.8 Å². The van der Waals surface area contributed by atoms with E-state index < -0.39 is 0 Å². The first-order valence-electron chi connectivity index (χ1n) is 6.41. The number of benzene rings is 1. The first kappa shape index (κ1) is 13.6. The molecule has 0 aliphatic rings. The number of rotatable bonds is 4. The number of pyridine rings is 1. The summed E-state index contributed by atoms with van der Waals surface area (Å²) in [6, 6.07) is 8.31. The minimum absolute atomic E-state index is 0.0833. The summed E-state index contributed by atoms with van der Waals surface area (Å²) in [6.45, 7) is 4.24. The maximum atomic E-state index is 6.28. The number of aryl methyl sites for hydroxylation is 2. The van der Waals surface area contributed by atoms with Crippen LogP contribution in [0.5, 0.6) is 5.75 Å². The first-order valence-corrected chi connectivity index (χ1v) is 6.41. The summed E-state index contributed by atoms with van der Waals surface area (Å²) >= 11 is 0. The predicted octanol–water partition coefficient (Wildman–Crippen LogP) is 2.95. The van der Waals surface area contributed by atoms with Crippen molar-refractivity contribution in [2.45, 2.75) is 26.3 Å². The van der Waals surface area contributed by atoms with E-state index in [1.54, 1.807) is 19.5 Å². The third-order valence-electron chi connectivity index (χ3n) is 3.46. The van der Waals surface area contributed by atoms with E-state index in [1.165, 1.54) is 16.7 Å². The van der Waals surface area contributed by atoms with Gasteiger partial charge in [-0.3, -0.25) is 4.98 Å². The fraction of sp³-hybridized carbons (Fsp3) is 0.312. The third kappa shape index (κ3) is 3.12. The highest BCUT2D eigenvalue weighted by Crippen LogP contribution is 2.25. The Labute approximate surface area is 114 Å². The van der Waals surface area contributed by atoms with Gasteiger partial charge in [-0.05, 0) is 43.0 Å². The highest BCUT2D eigenvalue weighted by molar-refractivity contribution is 5.35. The Hall–Kier alpha value is -1.87. The number of hydrogen-bond donors (Lipinski definition) is 1.